The number of amides is 1. The number of aromatic nitrogens is 1. The third-order valence-electron chi connectivity index (χ3n) is 2.76. The number of nitrogens with one attached hydrogen (secondary N) is 1. The number of hydrogen-bond donors (Lipinski definition) is 2. The van der Waals surface area contributed by atoms with Crippen LogP contribution in [0.15, 0.2) is 35.8 Å². The number of carbonyl (C=O) groups is 1. The van der Waals surface area contributed by atoms with Gasteiger partial charge >= 0.3 is 0 Å². The van der Waals surface area contributed by atoms with Crippen LogP contribution in [0.5, 0.6) is 0 Å². The third-order valence-corrected chi connectivity index (χ3v) is 3.60. The minimum Gasteiger partial charge on any atom is -0.352 e. The molecule has 1 heterocycles. The Kier molecular flexibility index (Phi) is 5.06. The van der Waals surface area contributed by atoms with Crippen molar-refractivity contribution in [2.45, 2.75) is 12.8 Å². The number of nitrogens with zero attached hydrogens (tertiary/aromatic N) is 1. The zero-order valence-corrected chi connectivity index (χ0v) is 11.5. The van der Waals surface area contributed by atoms with Gasteiger partial charge < -0.3 is 11.1 Å². The molecule has 0 saturated carbocycles. The zero-order chi connectivity index (χ0) is 13.5. The Bertz CT molecular complexity index is 508. The summed E-state index contributed by atoms with van der Waals surface area (Å²) in [6.07, 6.45) is 3.39. The van der Waals surface area contributed by atoms with E-state index in [2.05, 4.69) is 10.3 Å². The minimum absolute atomic E-state index is 0.0455. The van der Waals surface area contributed by atoms with E-state index < -0.39 is 0 Å². The molecule has 100 valence electrons. The molecule has 0 bridgehead atoms. The number of rotatable bonds is 6. The van der Waals surface area contributed by atoms with Gasteiger partial charge in [0.25, 0.3) is 5.91 Å². The lowest BCUT2D eigenvalue weighted by molar-refractivity contribution is 0.0954. The van der Waals surface area contributed by atoms with Crippen molar-refractivity contribution in [3.8, 4) is 0 Å². The molecule has 0 aliphatic heterocycles. The van der Waals surface area contributed by atoms with Crippen LogP contribution in [0.25, 0.3) is 0 Å². The summed E-state index contributed by atoms with van der Waals surface area (Å²) in [5.41, 5.74) is 7.32. The number of thiazole rings is 1. The molecule has 0 spiro atoms. The first-order chi connectivity index (χ1) is 9.29. The highest BCUT2D eigenvalue weighted by Gasteiger charge is 2.05. The Morgan fingerprint density at radius 2 is 2.05 bits per heavy atom. The second-order valence-corrected chi connectivity index (χ2v) is 5.15. The topological polar surface area (TPSA) is 68.0 Å². The molecule has 0 atom stereocenters. The predicted octanol–water partition coefficient (Wildman–Crippen LogP) is 1.62. The van der Waals surface area contributed by atoms with Crippen LogP contribution in [0, 0.1) is 0 Å². The summed E-state index contributed by atoms with van der Waals surface area (Å²) >= 11 is 1.60. The summed E-state index contributed by atoms with van der Waals surface area (Å²) in [4.78, 5) is 16.1. The van der Waals surface area contributed by atoms with Crippen LogP contribution in [0.3, 0.4) is 0 Å². The number of nitrogens with two attached hydrogens (primary N) is 1. The molecule has 4 nitrogen and oxygen atoms in total. The van der Waals surface area contributed by atoms with E-state index in [1.807, 2.05) is 29.6 Å². The fraction of sp³-hybridized carbons (Fsp3) is 0.286. The second kappa shape index (κ2) is 7.01. The summed E-state index contributed by atoms with van der Waals surface area (Å²) in [5, 5.41) is 5.87. The Balaban J connectivity index is 1.82. The first-order valence-electron chi connectivity index (χ1n) is 6.25. The summed E-state index contributed by atoms with van der Waals surface area (Å²) in [7, 11) is 0. The highest BCUT2D eigenvalue weighted by atomic mass is 32.1. The van der Waals surface area contributed by atoms with Gasteiger partial charge in [0.1, 0.15) is 0 Å². The fourth-order valence-electron chi connectivity index (χ4n) is 1.75. The Labute approximate surface area is 116 Å². The average Bonchev–Trinajstić information content (AvgIpc) is 2.93. The molecule has 0 aliphatic carbocycles. The molecule has 0 saturated heterocycles. The molecule has 1 amide bonds. The maximum absolute atomic E-state index is 11.9. The van der Waals surface area contributed by atoms with Gasteiger partial charge in [0.2, 0.25) is 0 Å². The van der Waals surface area contributed by atoms with Crippen LogP contribution in [0.2, 0.25) is 0 Å². The van der Waals surface area contributed by atoms with E-state index in [9.17, 15) is 4.79 Å². The van der Waals surface area contributed by atoms with Gasteiger partial charge in [0.05, 0.1) is 5.01 Å². The number of benzene rings is 1. The molecule has 1 aromatic carbocycles. The van der Waals surface area contributed by atoms with E-state index in [1.165, 1.54) is 0 Å². The molecule has 2 aromatic rings. The maximum atomic E-state index is 11.9. The molecule has 0 unspecified atom stereocenters. The molecule has 5 heteroatoms. The molecular formula is C14H17N3OS. The maximum Gasteiger partial charge on any atom is 0.251 e. The van der Waals surface area contributed by atoms with Crippen LogP contribution in [0.1, 0.15) is 20.9 Å². The van der Waals surface area contributed by atoms with E-state index in [4.69, 9.17) is 5.73 Å². The Hall–Kier alpha value is -1.72. The average molecular weight is 275 g/mol. The van der Waals surface area contributed by atoms with Crippen molar-refractivity contribution in [3.05, 3.63) is 52.0 Å². The van der Waals surface area contributed by atoms with E-state index >= 15 is 0 Å². The van der Waals surface area contributed by atoms with Crippen molar-refractivity contribution in [2.75, 3.05) is 13.1 Å². The standard InChI is InChI=1S/C14H17N3OS/c15-7-5-11-1-3-12(4-2-11)14(18)17-8-6-13-16-9-10-19-13/h1-4,9-10H,5-8,15H2,(H,17,18). The molecule has 19 heavy (non-hydrogen) atoms. The lowest BCUT2D eigenvalue weighted by Crippen LogP contribution is -2.25. The molecule has 0 aliphatic rings. The van der Waals surface area contributed by atoms with Gasteiger partial charge in [0.15, 0.2) is 0 Å². The molecule has 3 N–H and O–H groups in total. The number of hydrogen-bond acceptors (Lipinski definition) is 4. The quantitative estimate of drug-likeness (QED) is 0.841. The third kappa shape index (κ3) is 4.15. The van der Waals surface area contributed by atoms with Crippen molar-refractivity contribution in [2.24, 2.45) is 5.73 Å². The van der Waals surface area contributed by atoms with Crippen LogP contribution in [-0.2, 0) is 12.8 Å². The zero-order valence-electron chi connectivity index (χ0n) is 10.6. The molecular weight excluding hydrogens is 258 g/mol. The first-order valence-corrected chi connectivity index (χ1v) is 7.13. The van der Waals surface area contributed by atoms with E-state index in [0.29, 0.717) is 18.7 Å². The molecule has 0 fully saturated rings. The van der Waals surface area contributed by atoms with E-state index in [0.717, 1.165) is 23.4 Å². The van der Waals surface area contributed by atoms with E-state index in [1.54, 1.807) is 17.5 Å². The largest absolute Gasteiger partial charge is 0.352 e. The summed E-state index contributed by atoms with van der Waals surface area (Å²) in [6, 6.07) is 7.57. The second-order valence-electron chi connectivity index (χ2n) is 4.17. The summed E-state index contributed by atoms with van der Waals surface area (Å²) < 4.78 is 0. The minimum atomic E-state index is -0.0455. The van der Waals surface area contributed by atoms with Crippen LogP contribution < -0.4 is 11.1 Å². The summed E-state index contributed by atoms with van der Waals surface area (Å²) in [6.45, 7) is 1.23. The lowest BCUT2D eigenvalue weighted by atomic mass is 10.1. The van der Waals surface area contributed by atoms with Crippen molar-refractivity contribution < 1.29 is 4.79 Å². The highest BCUT2D eigenvalue weighted by molar-refractivity contribution is 7.09. The first kappa shape index (κ1) is 13.7. The van der Waals surface area contributed by atoms with Crippen molar-refractivity contribution in [1.29, 1.82) is 0 Å². The Morgan fingerprint density at radius 3 is 2.68 bits per heavy atom. The molecule has 2 rings (SSSR count). The summed E-state index contributed by atoms with van der Waals surface area (Å²) in [5.74, 6) is -0.0455. The van der Waals surface area contributed by atoms with Crippen LogP contribution >= 0.6 is 11.3 Å². The lowest BCUT2D eigenvalue weighted by Gasteiger charge is -2.05. The SMILES string of the molecule is NCCc1ccc(C(=O)NCCc2nccs2)cc1. The predicted molar refractivity (Wildman–Crippen MR) is 77.4 cm³/mol. The van der Waals surface area contributed by atoms with Gasteiger partial charge in [-0.2, -0.15) is 0 Å². The van der Waals surface area contributed by atoms with Gasteiger partial charge in [-0.25, -0.2) is 4.98 Å². The van der Waals surface area contributed by atoms with Gasteiger partial charge in [-0.1, -0.05) is 12.1 Å². The van der Waals surface area contributed by atoms with Crippen molar-refractivity contribution >= 4 is 17.2 Å². The van der Waals surface area contributed by atoms with Gasteiger partial charge in [-0.05, 0) is 30.7 Å². The normalized spacial score (nSPS) is 10.4. The monoisotopic (exact) mass is 275 g/mol. The van der Waals surface area contributed by atoms with E-state index in [-0.39, 0.29) is 5.91 Å². The van der Waals surface area contributed by atoms with Gasteiger partial charge in [0, 0.05) is 30.1 Å². The van der Waals surface area contributed by atoms with Gasteiger partial charge in [-0.3, -0.25) is 4.79 Å². The number of carbonyl (C=O) groups excluding carboxylic acids is 1. The molecule has 0 radical (unpaired) electrons. The smallest absolute Gasteiger partial charge is 0.251 e. The van der Waals surface area contributed by atoms with Crippen molar-refractivity contribution in [1.82, 2.24) is 10.3 Å². The van der Waals surface area contributed by atoms with Crippen LogP contribution in [0.4, 0.5) is 0 Å². The highest BCUT2D eigenvalue weighted by Crippen LogP contribution is 2.06. The van der Waals surface area contributed by atoms with Gasteiger partial charge in [-0.15, -0.1) is 11.3 Å². The van der Waals surface area contributed by atoms with Crippen molar-refractivity contribution in [3.63, 3.8) is 0 Å². The van der Waals surface area contributed by atoms with Crippen LogP contribution in [-0.4, -0.2) is 24.0 Å². The molecule has 1 aromatic heterocycles. The fourth-order valence-corrected chi connectivity index (χ4v) is 2.37. The Morgan fingerprint density at radius 1 is 1.26 bits per heavy atom.